The number of nitrogens with one attached hydrogen (secondary N) is 1. The van der Waals surface area contributed by atoms with Gasteiger partial charge < -0.3 is 0 Å². The van der Waals surface area contributed by atoms with E-state index in [1.807, 2.05) is 22.6 Å². The molecule has 0 bridgehead atoms. The van der Waals surface area contributed by atoms with E-state index in [1.165, 1.54) is 18.5 Å². The van der Waals surface area contributed by atoms with Crippen LogP contribution in [-0.2, 0) is 10.0 Å². The van der Waals surface area contributed by atoms with E-state index in [0.29, 0.717) is 15.2 Å². The van der Waals surface area contributed by atoms with E-state index < -0.39 is 10.0 Å². The Labute approximate surface area is 137 Å². The number of nitrogens with zero attached hydrogens (tertiary/aromatic N) is 1. The van der Waals surface area contributed by atoms with Crippen LogP contribution in [0.1, 0.15) is 0 Å². The average Bonchev–Trinajstić information content (AvgIpc) is 2.33. The number of pyridine rings is 1. The first-order valence-electron chi connectivity index (χ1n) is 4.97. The largest absolute Gasteiger partial charge is 0.279 e. The van der Waals surface area contributed by atoms with Gasteiger partial charge in [-0.3, -0.25) is 9.71 Å². The maximum Gasteiger partial charge on any atom is 0.263 e. The molecule has 100 valence electrons. The van der Waals surface area contributed by atoms with Crippen LogP contribution in [0.25, 0.3) is 0 Å². The van der Waals surface area contributed by atoms with Crippen molar-refractivity contribution in [2.24, 2.45) is 0 Å². The number of anilines is 1. The molecule has 0 atom stereocenters. The maximum absolute atomic E-state index is 12.2. The molecule has 0 saturated carbocycles. The predicted molar refractivity (Wildman–Crippen MR) is 86.9 cm³/mol. The van der Waals surface area contributed by atoms with Gasteiger partial charge in [0, 0.05) is 25.5 Å². The molecule has 0 radical (unpaired) electrons. The molecule has 1 N–H and O–H groups in total. The second-order valence-corrected chi connectivity index (χ2v) is 7.77. The summed E-state index contributed by atoms with van der Waals surface area (Å²) in [5.74, 6) is 0. The van der Waals surface area contributed by atoms with Crippen molar-refractivity contribution >= 4 is 65.8 Å². The third-order valence-corrected chi connectivity index (χ3v) is 5.06. The first-order chi connectivity index (χ1) is 8.88. The van der Waals surface area contributed by atoms with Crippen LogP contribution >= 0.6 is 50.1 Å². The summed E-state index contributed by atoms with van der Waals surface area (Å²) in [6, 6.07) is 6.41. The standard InChI is InChI=1S/C11H7BrClIN2O2S/c12-7-3-9(6-15-5-7)19(17,18)16-11-2-1-8(13)4-10(11)14/h1-6,16H. The molecule has 1 aromatic heterocycles. The maximum atomic E-state index is 12.2. The average molecular weight is 474 g/mol. The highest BCUT2D eigenvalue weighted by atomic mass is 127. The molecular formula is C11H7BrClIN2O2S. The zero-order valence-corrected chi connectivity index (χ0v) is 14.6. The van der Waals surface area contributed by atoms with E-state index >= 15 is 0 Å². The first-order valence-corrected chi connectivity index (χ1v) is 8.70. The Balaban J connectivity index is 2.36. The van der Waals surface area contributed by atoms with E-state index in [1.54, 1.807) is 18.2 Å². The number of rotatable bonds is 3. The normalized spacial score (nSPS) is 11.3. The lowest BCUT2D eigenvalue weighted by molar-refractivity contribution is 0.600. The Morgan fingerprint density at radius 1 is 1.26 bits per heavy atom. The van der Waals surface area contributed by atoms with Gasteiger partial charge in [-0.25, -0.2) is 8.42 Å². The summed E-state index contributed by atoms with van der Waals surface area (Å²) in [5.41, 5.74) is 0.477. The quantitative estimate of drug-likeness (QED) is 0.688. The van der Waals surface area contributed by atoms with E-state index in [-0.39, 0.29) is 4.90 Å². The van der Waals surface area contributed by atoms with Gasteiger partial charge >= 0.3 is 0 Å². The van der Waals surface area contributed by atoms with Gasteiger partial charge in [-0.05, 0) is 62.8 Å². The lowest BCUT2D eigenvalue weighted by Crippen LogP contribution is -2.14. The minimum Gasteiger partial charge on any atom is -0.279 e. The molecule has 2 aromatic rings. The summed E-state index contributed by atoms with van der Waals surface area (Å²) in [6.07, 6.45) is 2.81. The molecular weight excluding hydrogens is 466 g/mol. The van der Waals surface area contributed by atoms with Gasteiger partial charge in [-0.15, -0.1) is 0 Å². The van der Waals surface area contributed by atoms with Crippen molar-refractivity contribution in [3.05, 3.63) is 49.7 Å². The summed E-state index contributed by atoms with van der Waals surface area (Å²) in [4.78, 5) is 3.93. The van der Waals surface area contributed by atoms with Crippen LogP contribution in [0.15, 0.2) is 46.0 Å². The number of aromatic nitrogens is 1. The smallest absolute Gasteiger partial charge is 0.263 e. The summed E-state index contributed by atoms with van der Waals surface area (Å²) >= 11 is 11.0. The predicted octanol–water partition coefficient (Wildman–Crippen LogP) is 3.90. The summed E-state index contributed by atoms with van der Waals surface area (Å²) in [7, 11) is -3.66. The van der Waals surface area contributed by atoms with Gasteiger partial charge in [0.15, 0.2) is 0 Å². The summed E-state index contributed by atoms with van der Waals surface area (Å²) in [6.45, 7) is 0. The monoisotopic (exact) mass is 472 g/mol. The second-order valence-electron chi connectivity index (χ2n) is 3.57. The molecule has 0 spiro atoms. The summed E-state index contributed by atoms with van der Waals surface area (Å²) < 4.78 is 28.2. The Morgan fingerprint density at radius 2 is 2.00 bits per heavy atom. The van der Waals surface area contributed by atoms with Crippen LogP contribution in [0.3, 0.4) is 0 Å². The van der Waals surface area contributed by atoms with Gasteiger partial charge in [0.05, 0.1) is 5.69 Å². The fraction of sp³-hybridized carbons (Fsp3) is 0. The molecule has 0 amide bonds. The highest BCUT2D eigenvalue weighted by molar-refractivity contribution is 14.1. The van der Waals surface area contributed by atoms with Crippen molar-refractivity contribution in [1.29, 1.82) is 0 Å². The molecule has 0 unspecified atom stereocenters. The van der Waals surface area contributed by atoms with Crippen molar-refractivity contribution in [3.8, 4) is 0 Å². The van der Waals surface area contributed by atoms with Crippen LogP contribution in [0.4, 0.5) is 5.69 Å². The van der Waals surface area contributed by atoms with Gasteiger partial charge in [-0.1, -0.05) is 11.6 Å². The third kappa shape index (κ3) is 3.80. The van der Waals surface area contributed by atoms with Gasteiger partial charge in [-0.2, -0.15) is 0 Å². The van der Waals surface area contributed by atoms with Crippen LogP contribution < -0.4 is 4.72 Å². The fourth-order valence-corrected chi connectivity index (χ4v) is 4.09. The first kappa shape index (κ1) is 15.0. The van der Waals surface area contributed by atoms with Crippen LogP contribution in [0.2, 0.25) is 5.02 Å². The zero-order valence-electron chi connectivity index (χ0n) is 9.27. The Hall–Kier alpha value is -0.380. The molecule has 2 rings (SSSR count). The zero-order chi connectivity index (χ0) is 14.0. The van der Waals surface area contributed by atoms with Crippen molar-refractivity contribution in [2.75, 3.05) is 4.72 Å². The molecule has 1 heterocycles. The number of sulfonamides is 1. The molecule has 4 nitrogen and oxygen atoms in total. The minimum atomic E-state index is -3.66. The van der Waals surface area contributed by atoms with Crippen molar-refractivity contribution < 1.29 is 8.42 Å². The van der Waals surface area contributed by atoms with Crippen LogP contribution in [0.5, 0.6) is 0 Å². The minimum absolute atomic E-state index is 0.0904. The molecule has 0 aliphatic rings. The fourth-order valence-electron chi connectivity index (χ4n) is 1.32. The van der Waals surface area contributed by atoms with Gasteiger partial charge in [0.25, 0.3) is 10.0 Å². The number of benzene rings is 1. The van der Waals surface area contributed by atoms with E-state index in [2.05, 4.69) is 25.6 Å². The van der Waals surface area contributed by atoms with Crippen molar-refractivity contribution in [1.82, 2.24) is 4.98 Å². The number of hydrogen-bond donors (Lipinski definition) is 1. The molecule has 0 saturated heterocycles. The van der Waals surface area contributed by atoms with Crippen molar-refractivity contribution in [2.45, 2.75) is 4.90 Å². The van der Waals surface area contributed by atoms with E-state index in [9.17, 15) is 8.42 Å². The summed E-state index contributed by atoms with van der Waals surface area (Å²) in [5, 5.41) is 0.552. The van der Waals surface area contributed by atoms with Gasteiger partial charge in [0.2, 0.25) is 0 Å². The molecule has 0 fully saturated rings. The van der Waals surface area contributed by atoms with Crippen LogP contribution in [0, 0.1) is 3.57 Å². The topological polar surface area (TPSA) is 59.1 Å². The SMILES string of the molecule is O=S(=O)(Nc1ccc(Cl)cc1I)c1cncc(Br)c1. The molecule has 0 aliphatic carbocycles. The highest BCUT2D eigenvalue weighted by Crippen LogP contribution is 2.25. The number of hydrogen-bond acceptors (Lipinski definition) is 3. The van der Waals surface area contributed by atoms with E-state index in [0.717, 1.165) is 3.57 Å². The Kier molecular flexibility index (Phi) is 4.70. The molecule has 8 heteroatoms. The third-order valence-electron chi connectivity index (χ3n) is 2.17. The second kappa shape index (κ2) is 5.94. The number of halogens is 3. The Bertz CT molecular complexity index is 724. The van der Waals surface area contributed by atoms with Crippen molar-refractivity contribution in [3.63, 3.8) is 0 Å². The lowest BCUT2D eigenvalue weighted by Gasteiger charge is -2.10. The lowest BCUT2D eigenvalue weighted by atomic mass is 10.3. The molecule has 19 heavy (non-hydrogen) atoms. The Morgan fingerprint density at radius 3 is 2.63 bits per heavy atom. The van der Waals surface area contributed by atoms with E-state index in [4.69, 9.17) is 11.6 Å². The molecule has 0 aliphatic heterocycles. The molecule has 1 aromatic carbocycles. The highest BCUT2D eigenvalue weighted by Gasteiger charge is 2.16. The van der Waals surface area contributed by atoms with Crippen LogP contribution in [-0.4, -0.2) is 13.4 Å². The van der Waals surface area contributed by atoms with Gasteiger partial charge in [0.1, 0.15) is 4.90 Å².